The van der Waals surface area contributed by atoms with Gasteiger partial charge in [0.2, 0.25) is 0 Å². The minimum Gasteiger partial charge on any atom is -0.372 e. The monoisotopic (exact) mass is 503 g/mol. The Labute approximate surface area is 221 Å². The van der Waals surface area contributed by atoms with E-state index in [0.717, 1.165) is 35.5 Å². The highest BCUT2D eigenvalue weighted by atomic mass is 16.5. The van der Waals surface area contributed by atoms with Crippen LogP contribution in [-0.2, 0) is 14.2 Å². The predicted molar refractivity (Wildman–Crippen MR) is 136 cm³/mol. The Kier molecular flexibility index (Phi) is 3.71. The molecule has 7 heteroatoms. The fourth-order valence-corrected chi connectivity index (χ4v) is 14.5. The highest BCUT2D eigenvalue weighted by Crippen LogP contribution is 2.65. The van der Waals surface area contributed by atoms with E-state index in [1.165, 1.54) is 77.0 Å². The molecule has 0 spiro atoms. The smallest absolute Gasteiger partial charge is 0.372 e. The minimum absolute atomic E-state index is 0.466. The van der Waals surface area contributed by atoms with Crippen LogP contribution in [0.2, 0.25) is 0 Å². The molecule has 6 aliphatic carbocycles. The highest BCUT2D eigenvalue weighted by Gasteiger charge is 2.78. The van der Waals surface area contributed by atoms with Gasteiger partial charge in [-0.05, 0) is 113 Å². The van der Waals surface area contributed by atoms with Gasteiger partial charge >= 0.3 is 7.12 Å². The molecule has 6 aliphatic heterocycles. The van der Waals surface area contributed by atoms with Gasteiger partial charge in [0.1, 0.15) is 0 Å². The second kappa shape index (κ2) is 6.65. The molecular formula is C30H42BN3O3. The molecule has 6 nitrogen and oxygen atoms in total. The van der Waals surface area contributed by atoms with Gasteiger partial charge in [0.15, 0.2) is 0 Å². The molecule has 0 N–H and O–H groups in total. The Balaban J connectivity index is 1.13. The van der Waals surface area contributed by atoms with Crippen LogP contribution >= 0.6 is 0 Å². The van der Waals surface area contributed by atoms with Crippen molar-refractivity contribution in [2.75, 3.05) is 0 Å². The third kappa shape index (κ3) is 2.16. The second-order valence-corrected chi connectivity index (χ2v) is 15.7. The van der Waals surface area contributed by atoms with Crippen molar-refractivity contribution < 1.29 is 14.2 Å². The van der Waals surface area contributed by atoms with Crippen molar-refractivity contribution in [1.82, 2.24) is 14.4 Å². The molecular weight excluding hydrogens is 461 g/mol. The number of hydrogen-bond acceptors (Lipinski definition) is 6. The summed E-state index contributed by atoms with van der Waals surface area (Å²) >= 11 is 0. The molecule has 0 aromatic rings. The van der Waals surface area contributed by atoms with Crippen LogP contribution in [0.25, 0.3) is 0 Å². The average molecular weight is 503 g/mol. The van der Waals surface area contributed by atoms with Crippen molar-refractivity contribution in [3.05, 3.63) is 0 Å². The van der Waals surface area contributed by atoms with Crippen LogP contribution in [0.15, 0.2) is 0 Å². The van der Waals surface area contributed by atoms with Crippen molar-refractivity contribution >= 4 is 7.12 Å². The summed E-state index contributed by atoms with van der Waals surface area (Å²) in [6, 6.07) is 3.81. The summed E-state index contributed by atoms with van der Waals surface area (Å²) < 4.78 is 21.8. The normalized spacial score (nSPS) is 67.6. The molecule has 6 heterocycles. The lowest BCUT2D eigenvalue weighted by atomic mass is 9.45. The Morgan fingerprint density at radius 1 is 0.351 bits per heavy atom. The van der Waals surface area contributed by atoms with Gasteiger partial charge in [0, 0.05) is 36.3 Å². The number of ether oxygens (including phenoxy) is 3. The van der Waals surface area contributed by atoms with Crippen molar-refractivity contribution in [3.63, 3.8) is 0 Å². The number of rotatable bonds is 0. The summed E-state index contributed by atoms with van der Waals surface area (Å²) in [5.74, 6) is 4.97. The SMILES string of the molecule is C1CC2OC3CCC4CCC5OC6CCC7CCC8OC9CCC1C1C2N2B%10N(C91)C8C7C6N%10C5C4C32. The van der Waals surface area contributed by atoms with E-state index in [0.29, 0.717) is 80.0 Å². The van der Waals surface area contributed by atoms with Crippen molar-refractivity contribution in [2.24, 2.45) is 35.5 Å². The molecule has 0 amide bonds. The molecule has 12 unspecified atom stereocenters. The summed E-state index contributed by atoms with van der Waals surface area (Å²) in [7, 11) is 0.506. The fraction of sp³-hybridized carbons (Fsp3) is 1.00. The van der Waals surface area contributed by atoms with E-state index in [2.05, 4.69) is 14.4 Å². The van der Waals surface area contributed by atoms with Gasteiger partial charge in [0.25, 0.3) is 0 Å². The van der Waals surface area contributed by atoms with Gasteiger partial charge < -0.3 is 28.6 Å². The van der Waals surface area contributed by atoms with E-state index in [4.69, 9.17) is 14.2 Å². The van der Waals surface area contributed by atoms with Crippen molar-refractivity contribution in [3.8, 4) is 0 Å². The van der Waals surface area contributed by atoms with Crippen LogP contribution in [0.4, 0.5) is 0 Å². The first-order valence-electron chi connectivity index (χ1n) is 16.6. The van der Waals surface area contributed by atoms with Crippen LogP contribution in [0, 0.1) is 35.5 Å². The summed E-state index contributed by atoms with van der Waals surface area (Å²) in [6.07, 6.45) is 19.1. The van der Waals surface area contributed by atoms with E-state index in [9.17, 15) is 0 Å². The zero-order chi connectivity index (χ0) is 23.3. The maximum Gasteiger partial charge on any atom is 0.405 e. The zero-order valence-corrected chi connectivity index (χ0v) is 22.0. The molecule has 0 aromatic heterocycles. The third-order valence-corrected chi connectivity index (χ3v) is 15.1. The molecule has 12 fully saturated rings. The van der Waals surface area contributed by atoms with Crippen molar-refractivity contribution in [1.29, 1.82) is 0 Å². The molecule has 0 bridgehead atoms. The molecule has 0 aromatic carbocycles. The standard InChI is InChI=1S/C30H42BN3O3/c1-7-16-25-22-13(1)2-8-17-26(22)33-28-19(36-17)10-4-15-6-12-21-30(24(15)28)34-29-20(37-21)11-5-14-3-9-18(35-16)27(23(14)29)32(25)31(33)34/h13-30H,1-12H2. The topological polar surface area (TPSA) is 37.4 Å². The minimum atomic E-state index is 0.466. The van der Waals surface area contributed by atoms with Gasteiger partial charge in [-0.3, -0.25) is 0 Å². The largest absolute Gasteiger partial charge is 0.405 e. The lowest BCUT2D eigenvalue weighted by molar-refractivity contribution is -0.317. The quantitative estimate of drug-likeness (QED) is 0.474. The predicted octanol–water partition coefficient (Wildman–Crippen LogP) is 2.89. The average Bonchev–Trinajstić information content (AvgIpc) is 2.95. The number of nitrogens with zero attached hydrogens (tertiary/aromatic N) is 3. The van der Waals surface area contributed by atoms with E-state index < -0.39 is 0 Å². The summed E-state index contributed by atoms with van der Waals surface area (Å²) in [5.41, 5.74) is 0. The van der Waals surface area contributed by atoms with E-state index in [1.54, 1.807) is 0 Å². The van der Waals surface area contributed by atoms with Crippen molar-refractivity contribution in [2.45, 2.75) is 150 Å². The molecule has 12 aliphatic rings. The van der Waals surface area contributed by atoms with Crippen LogP contribution in [0.3, 0.4) is 0 Å². The van der Waals surface area contributed by atoms with E-state index in [1.807, 2.05) is 0 Å². The maximum absolute atomic E-state index is 7.26. The summed E-state index contributed by atoms with van der Waals surface area (Å²) in [6.45, 7) is 0. The van der Waals surface area contributed by atoms with Gasteiger partial charge in [-0.1, -0.05) is 0 Å². The van der Waals surface area contributed by atoms with Gasteiger partial charge in [0.05, 0.1) is 36.6 Å². The highest BCUT2D eigenvalue weighted by molar-refractivity contribution is 6.51. The number of hydrogen-bond donors (Lipinski definition) is 0. The molecule has 0 radical (unpaired) electrons. The van der Waals surface area contributed by atoms with E-state index in [-0.39, 0.29) is 0 Å². The second-order valence-electron chi connectivity index (χ2n) is 15.7. The molecule has 198 valence electrons. The Hall–Kier alpha value is -0.175. The maximum atomic E-state index is 7.26. The lowest BCUT2D eigenvalue weighted by Gasteiger charge is -2.81. The lowest BCUT2D eigenvalue weighted by Crippen LogP contribution is -2.97. The molecule has 12 rings (SSSR count). The molecule has 6 saturated carbocycles. The number of morpholine rings is 3. The molecule has 6 saturated heterocycles. The third-order valence-electron chi connectivity index (χ3n) is 15.1. The first-order valence-corrected chi connectivity index (χ1v) is 16.6. The molecule has 12 atom stereocenters. The van der Waals surface area contributed by atoms with Gasteiger partial charge in [-0.2, -0.15) is 0 Å². The van der Waals surface area contributed by atoms with Crippen LogP contribution in [0.5, 0.6) is 0 Å². The van der Waals surface area contributed by atoms with Crippen LogP contribution < -0.4 is 0 Å². The summed E-state index contributed by atoms with van der Waals surface area (Å²) in [5, 5.41) is 0. The first kappa shape index (κ1) is 20.7. The van der Waals surface area contributed by atoms with Crippen LogP contribution in [-0.4, -0.2) is 94.4 Å². The Bertz CT molecular complexity index is 869. The van der Waals surface area contributed by atoms with E-state index >= 15 is 0 Å². The Morgan fingerprint density at radius 3 is 0.838 bits per heavy atom. The molecule has 37 heavy (non-hydrogen) atoms. The zero-order valence-electron chi connectivity index (χ0n) is 22.0. The first-order chi connectivity index (χ1) is 18.3. The Morgan fingerprint density at radius 2 is 0.595 bits per heavy atom. The fourth-order valence-electron chi connectivity index (χ4n) is 14.5. The summed E-state index contributed by atoms with van der Waals surface area (Å²) in [4.78, 5) is 9.72. The van der Waals surface area contributed by atoms with Gasteiger partial charge in [-0.15, -0.1) is 0 Å². The van der Waals surface area contributed by atoms with Gasteiger partial charge in [-0.25, -0.2) is 0 Å². The van der Waals surface area contributed by atoms with Crippen LogP contribution in [0.1, 0.15) is 77.0 Å².